The van der Waals surface area contributed by atoms with E-state index in [0.717, 1.165) is 81.0 Å². The van der Waals surface area contributed by atoms with Gasteiger partial charge in [-0.05, 0) is 55.4 Å². The van der Waals surface area contributed by atoms with E-state index in [1.165, 1.54) is 11.1 Å². The summed E-state index contributed by atoms with van der Waals surface area (Å²) in [5.74, 6) is 1.69. The molecule has 0 radical (unpaired) electrons. The van der Waals surface area contributed by atoms with Crippen LogP contribution in [0.3, 0.4) is 0 Å². The molecule has 1 heterocycles. The van der Waals surface area contributed by atoms with Crippen molar-refractivity contribution in [1.82, 2.24) is 20.3 Å². The fourth-order valence-electron chi connectivity index (χ4n) is 4.87. The fraction of sp³-hybridized carbons (Fsp3) is 0.517. The Morgan fingerprint density at radius 3 is 2.22 bits per heavy atom. The van der Waals surface area contributed by atoms with Gasteiger partial charge in [-0.2, -0.15) is 10.0 Å². The molecule has 1 saturated carbocycles. The first-order valence-electron chi connectivity index (χ1n) is 13.5. The number of nitrogens with one attached hydrogen (secondary N) is 2. The highest BCUT2D eigenvalue weighted by atomic mass is 16.7. The number of aromatic nitrogens is 2. The van der Waals surface area contributed by atoms with Crippen LogP contribution in [-0.2, 0) is 17.8 Å². The highest BCUT2D eigenvalue weighted by Gasteiger charge is 2.22. The minimum Gasteiger partial charge on any atom is -0.362 e. The molecule has 0 spiro atoms. The summed E-state index contributed by atoms with van der Waals surface area (Å²) in [6.07, 6.45) is 5.50. The van der Waals surface area contributed by atoms with Crippen LogP contribution in [0.4, 0.5) is 11.8 Å². The minimum absolute atomic E-state index is 0.414. The van der Waals surface area contributed by atoms with Crippen molar-refractivity contribution in [2.75, 3.05) is 44.0 Å². The second kappa shape index (κ2) is 13.0. The smallest absolute Gasteiger partial charge is 0.225 e. The Kier molecular flexibility index (Phi) is 9.50. The number of nitrogens with zero attached hydrogens (tertiary/aromatic N) is 4. The maximum atomic E-state index is 5.79. The number of benzene rings is 2. The molecule has 4 rings (SSSR count). The Balaban J connectivity index is 1.21. The van der Waals surface area contributed by atoms with Gasteiger partial charge in [-0.15, -0.1) is 0 Å². The van der Waals surface area contributed by atoms with Crippen LogP contribution in [0, 0.1) is 0 Å². The third kappa shape index (κ3) is 7.15. The van der Waals surface area contributed by atoms with Crippen LogP contribution in [0.2, 0.25) is 0 Å². The number of hydrogen-bond donors (Lipinski definition) is 2. The molecule has 2 aromatic carbocycles. The molecule has 1 fully saturated rings. The van der Waals surface area contributed by atoms with Crippen LogP contribution >= 0.6 is 0 Å². The first kappa shape index (κ1) is 26.3. The molecule has 0 unspecified atom stereocenters. The van der Waals surface area contributed by atoms with Crippen LogP contribution in [0.5, 0.6) is 0 Å². The van der Waals surface area contributed by atoms with Gasteiger partial charge in [0.1, 0.15) is 5.82 Å². The molecule has 0 amide bonds. The molecule has 0 bridgehead atoms. The summed E-state index contributed by atoms with van der Waals surface area (Å²) in [5, 5.41) is 10.5. The van der Waals surface area contributed by atoms with Gasteiger partial charge in [0, 0.05) is 51.2 Å². The zero-order chi connectivity index (χ0) is 25.3. The van der Waals surface area contributed by atoms with Crippen LogP contribution in [-0.4, -0.2) is 60.9 Å². The molecule has 0 atom stereocenters. The molecule has 2 N–H and O–H groups in total. The van der Waals surface area contributed by atoms with E-state index in [-0.39, 0.29) is 0 Å². The summed E-state index contributed by atoms with van der Waals surface area (Å²) in [6.45, 7) is 7.74. The molecular weight excluding hydrogens is 448 g/mol. The maximum Gasteiger partial charge on any atom is 0.225 e. The number of anilines is 2. The van der Waals surface area contributed by atoms with Gasteiger partial charge in [0.2, 0.25) is 5.95 Å². The van der Waals surface area contributed by atoms with Gasteiger partial charge >= 0.3 is 0 Å². The molecule has 3 aromatic rings. The van der Waals surface area contributed by atoms with Crippen LogP contribution in [0.15, 0.2) is 48.5 Å². The van der Waals surface area contributed by atoms with Gasteiger partial charge in [0.25, 0.3) is 0 Å². The Bertz CT molecular complexity index is 1070. The van der Waals surface area contributed by atoms with Crippen molar-refractivity contribution in [3.8, 4) is 0 Å². The number of fused-ring (bicyclic) bond motifs is 1. The molecule has 1 aliphatic carbocycles. The topological polar surface area (TPSA) is 65.6 Å². The minimum atomic E-state index is 0.414. The lowest BCUT2D eigenvalue weighted by atomic mass is 9.91. The normalized spacial score (nSPS) is 18.0. The number of rotatable bonds is 12. The molecular formula is C29H42N6O. The van der Waals surface area contributed by atoms with Crippen LogP contribution in [0.1, 0.15) is 50.7 Å². The van der Waals surface area contributed by atoms with Crippen molar-refractivity contribution in [2.45, 2.75) is 64.6 Å². The van der Waals surface area contributed by atoms with Gasteiger partial charge in [0.05, 0.1) is 12.1 Å². The van der Waals surface area contributed by atoms with E-state index < -0.39 is 0 Å². The average molecular weight is 491 g/mol. The molecule has 1 aromatic heterocycles. The standard InChI is InChI=1S/C29H42N6O/c1-5-35(6-2)36-20-19-22-11-13-23(14-12-22)21-30-24-15-17-25(18-16-24)31-29-32-27-10-8-7-9-26(27)28(33-29)34(3)4/h7-14,24-25,30H,5-6,15-21H2,1-4H3,(H,31,32,33)/t24-,25+. The predicted octanol–water partition coefficient (Wildman–Crippen LogP) is 5.02. The highest BCUT2D eigenvalue weighted by Crippen LogP contribution is 2.26. The molecule has 194 valence electrons. The van der Waals surface area contributed by atoms with Gasteiger partial charge in [-0.3, -0.25) is 4.84 Å². The van der Waals surface area contributed by atoms with E-state index in [4.69, 9.17) is 14.8 Å². The molecule has 0 saturated heterocycles. The predicted molar refractivity (Wildman–Crippen MR) is 149 cm³/mol. The summed E-state index contributed by atoms with van der Waals surface area (Å²) >= 11 is 0. The molecule has 7 heteroatoms. The second-order valence-electron chi connectivity index (χ2n) is 9.87. The Hall–Kier alpha value is -2.74. The van der Waals surface area contributed by atoms with Crippen molar-refractivity contribution in [1.29, 1.82) is 0 Å². The highest BCUT2D eigenvalue weighted by molar-refractivity contribution is 5.90. The summed E-state index contributed by atoms with van der Waals surface area (Å²) in [5.41, 5.74) is 3.65. The zero-order valence-electron chi connectivity index (χ0n) is 22.3. The third-order valence-corrected chi connectivity index (χ3v) is 7.05. The van der Waals surface area contributed by atoms with Gasteiger partial charge in [0.15, 0.2) is 0 Å². The molecule has 7 nitrogen and oxygen atoms in total. The van der Waals surface area contributed by atoms with Crippen molar-refractivity contribution >= 4 is 22.7 Å². The Morgan fingerprint density at radius 2 is 1.53 bits per heavy atom. The monoisotopic (exact) mass is 490 g/mol. The first-order chi connectivity index (χ1) is 17.6. The molecule has 1 aliphatic rings. The quantitative estimate of drug-likeness (QED) is 0.345. The molecule has 36 heavy (non-hydrogen) atoms. The van der Waals surface area contributed by atoms with Crippen molar-refractivity contribution in [3.63, 3.8) is 0 Å². The average Bonchev–Trinajstić information content (AvgIpc) is 2.91. The van der Waals surface area contributed by atoms with Crippen LogP contribution in [0.25, 0.3) is 10.9 Å². The number of para-hydroxylation sites is 1. The van der Waals surface area contributed by atoms with E-state index in [1.54, 1.807) is 0 Å². The van der Waals surface area contributed by atoms with E-state index in [0.29, 0.717) is 12.1 Å². The zero-order valence-corrected chi connectivity index (χ0v) is 22.3. The molecule has 0 aliphatic heterocycles. The second-order valence-corrected chi connectivity index (χ2v) is 9.87. The Morgan fingerprint density at radius 1 is 0.861 bits per heavy atom. The first-order valence-corrected chi connectivity index (χ1v) is 13.5. The summed E-state index contributed by atoms with van der Waals surface area (Å²) in [4.78, 5) is 17.4. The van der Waals surface area contributed by atoms with Crippen molar-refractivity contribution in [3.05, 3.63) is 59.7 Å². The van der Waals surface area contributed by atoms with Gasteiger partial charge in [-0.1, -0.05) is 50.2 Å². The van der Waals surface area contributed by atoms with Gasteiger partial charge < -0.3 is 15.5 Å². The summed E-state index contributed by atoms with van der Waals surface area (Å²) in [7, 11) is 4.07. The maximum absolute atomic E-state index is 5.79. The van der Waals surface area contributed by atoms with E-state index in [1.807, 2.05) is 31.3 Å². The fourth-order valence-corrected chi connectivity index (χ4v) is 4.87. The van der Waals surface area contributed by atoms with E-state index >= 15 is 0 Å². The van der Waals surface area contributed by atoms with Gasteiger partial charge in [-0.25, -0.2) is 4.98 Å². The van der Waals surface area contributed by atoms with E-state index in [9.17, 15) is 0 Å². The van der Waals surface area contributed by atoms with Crippen LogP contribution < -0.4 is 15.5 Å². The summed E-state index contributed by atoms with van der Waals surface area (Å²) in [6, 6.07) is 18.1. The Labute approximate surface area is 216 Å². The lowest BCUT2D eigenvalue weighted by molar-refractivity contribution is -0.151. The third-order valence-electron chi connectivity index (χ3n) is 7.05. The van der Waals surface area contributed by atoms with E-state index in [2.05, 4.69) is 65.8 Å². The summed E-state index contributed by atoms with van der Waals surface area (Å²) < 4.78 is 0. The number of hydrogen-bond acceptors (Lipinski definition) is 7. The van der Waals surface area contributed by atoms with Crippen molar-refractivity contribution in [2.24, 2.45) is 0 Å². The SMILES string of the molecule is CCN(CC)OCCc1ccc(CN[C@H]2CC[C@@H](Nc3nc(N(C)C)c4ccccc4n3)CC2)cc1. The lowest BCUT2D eigenvalue weighted by Gasteiger charge is -2.30. The largest absolute Gasteiger partial charge is 0.362 e. The number of hydroxylamine groups is 2. The lowest BCUT2D eigenvalue weighted by Crippen LogP contribution is -2.37. The van der Waals surface area contributed by atoms with Crippen molar-refractivity contribution < 1.29 is 4.84 Å².